The maximum atomic E-state index is 12.3. The fourth-order valence-corrected chi connectivity index (χ4v) is 4.05. The van der Waals surface area contributed by atoms with Crippen molar-refractivity contribution in [1.82, 2.24) is 0 Å². The largest absolute Gasteiger partial charge is 0.485 e. The molecule has 1 atom stereocenters. The van der Waals surface area contributed by atoms with E-state index >= 15 is 0 Å². The van der Waals surface area contributed by atoms with Gasteiger partial charge in [0.15, 0.2) is 11.5 Å². The Morgan fingerprint density at radius 1 is 0.675 bits per heavy atom. The Morgan fingerprint density at radius 2 is 1.20 bits per heavy atom. The molecule has 0 fully saturated rings. The minimum absolute atomic E-state index is 0.125. The highest BCUT2D eigenvalue weighted by molar-refractivity contribution is 5.77. The smallest absolute Gasteiger partial charge is 0.311 e. The van der Waals surface area contributed by atoms with Crippen molar-refractivity contribution in [3.8, 4) is 28.7 Å². The minimum Gasteiger partial charge on any atom is -0.485 e. The maximum Gasteiger partial charge on any atom is 0.311 e. The van der Waals surface area contributed by atoms with Crippen LogP contribution < -0.4 is 23.7 Å². The molecule has 0 unspecified atom stereocenters. The van der Waals surface area contributed by atoms with Crippen molar-refractivity contribution in [1.29, 1.82) is 0 Å². The second kappa shape index (κ2) is 15.1. The third-order valence-corrected chi connectivity index (χ3v) is 5.95. The Labute approximate surface area is 235 Å². The zero-order chi connectivity index (χ0) is 29.1. The standard InChI is InChI=1S/C31H37O9/c1-5-9-28(32)36-21-18-25-22(26(19-21)39-30(34)11-7-3)14-16-23(37-25)20-13-15-24(38-29(33)10-6-2)27(17-20)40-31(35)12-8-4/h13,15-19,23H,5-12,14H2,1-4H3/t23-/m1/s1. The number of hydrogen-bond acceptors (Lipinski definition) is 9. The van der Waals surface area contributed by atoms with Gasteiger partial charge in [0.05, 0.1) is 0 Å². The molecule has 1 aliphatic rings. The monoisotopic (exact) mass is 553 g/mol. The van der Waals surface area contributed by atoms with E-state index in [2.05, 4.69) is 0 Å². The summed E-state index contributed by atoms with van der Waals surface area (Å²) in [5, 5.41) is 0. The van der Waals surface area contributed by atoms with Gasteiger partial charge in [0.1, 0.15) is 23.4 Å². The third-order valence-electron chi connectivity index (χ3n) is 5.95. The van der Waals surface area contributed by atoms with E-state index in [1.54, 1.807) is 24.3 Å². The molecular formula is C31H37O9. The molecule has 1 aliphatic heterocycles. The van der Waals surface area contributed by atoms with E-state index in [1.807, 2.05) is 34.1 Å². The Morgan fingerprint density at radius 3 is 1.77 bits per heavy atom. The predicted octanol–water partition coefficient (Wildman–Crippen LogP) is 6.39. The van der Waals surface area contributed by atoms with E-state index in [1.165, 1.54) is 6.07 Å². The molecule has 2 aromatic rings. The van der Waals surface area contributed by atoms with Crippen LogP contribution in [0.5, 0.6) is 28.7 Å². The first-order valence-corrected chi connectivity index (χ1v) is 13.9. The van der Waals surface area contributed by atoms with Crippen molar-refractivity contribution in [3.05, 3.63) is 47.9 Å². The molecule has 0 saturated heterocycles. The molecule has 0 bridgehead atoms. The molecule has 1 heterocycles. The second-order valence-electron chi connectivity index (χ2n) is 9.48. The second-order valence-corrected chi connectivity index (χ2v) is 9.48. The molecule has 9 nitrogen and oxygen atoms in total. The average Bonchev–Trinajstić information content (AvgIpc) is 2.90. The van der Waals surface area contributed by atoms with Crippen LogP contribution in [-0.2, 0) is 25.6 Å². The summed E-state index contributed by atoms with van der Waals surface area (Å²) in [6.45, 7) is 7.49. The SMILES string of the molecule is CCCC(=O)Oc1cc(OC(=O)CCC)c2c(c1)O[C@@H](c1ccc(OC(=O)CCC)c(OC(=O)CCC)c1)[CH]C2. The van der Waals surface area contributed by atoms with Crippen molar-refractivity contribution in [3.63, 3.8) is 0 Å². The molecule has 2 aromatic carbocycles. The molecular weight excluding hydrogens is 516 g/mol. The lowest BCUT2D eigenvalue weighted by molar-refractivity contribution is -0.137. The van der Waals surface area contributed by atoms with Gasteiger partial charge in [0.2, 0.25) is 0 Å². The van der Waals surface area contributed by atoms with E-state index in [0.29, 0.717) is 49.0 Å². The first-order valence-electron chi connectivity index (χ1n) is 13.9. The Kier molecular flexibility index (Phi) is 11.5. The Bertz CT molecular complexity index is 1220. The summed E-state index contributed by atoms with van der Waals surface area (Å²) in [5.74, 6) is -0.498. The molecule has 0 spiro atoms. The van der Waals surface area contributed by atoms with Crippen LogP contribution in [-0.4, -0.2) is 23.9 Å². The average molecular weight is 554 g/mol. The van der Waals surface area contributed by atoms with Crippen LogP contribution in [0.1, 0.15) is 96.3 Å². The van der Waals surface area contributed by atoms with Gasteiger partial charge in [-0.25, -0.2) is 0 Å². The summed E-state index contributed by atoms with van der Waals surface area (Å²) in [6.07, 6.45) is 5.14. The zero-order valence-corrected chi connectivity index (χ0v) is 23.6. The van der Waals surface area contributed by atoms with E-state index in [4.69, 9.17) is 23.7 Å². The summed E-state index contributed by atoms with van der Waals surface area (Å²) in [6, 6.07) is 8.04. The van der Waals surface area contributed by atoms with Crippen molar-refractivity contribution in [2.75, 3.05) is 0 Å². The molecule has 3 rings (SSSR count). The number of carbonyl (C=O) groups excluding carboxylic acids is 4. The highest BCUT2D eigenvalue weighted by Gasteiger charge is 2.28. The zero-order valence-electron chi connectivity index (χ0n) is 23.6. The lowest BCUT2D eigenvalue weighted by atomic mass is 9.96. The van der Waals surface area contributed by atoms with Gasteiger partial charge in [-0.1, -0.05) is 33.8 Å². The highest BCUT2D eigenvalue weighted by atomic mass is 16.6. The van der Waals surface area contributed by atoms with E-state index in [9.17, 15) is 19.2 Å². The fraction of sp³-hybridized carbons (Fsp3) is 0.452. The van der Waals surface area contributed by atoms with Crippen LogP contribution in [0.3, 0.4) is 0 Å². The fourth-order valence-electron chi connectivity index (χ4n) is 4.05. The third kappa shape index (κ3) is 8.56. The van der Waals surface area contributed by atoms with E-state index in [0.717, 1.165) is 0 Å². The molecule has 9 heteroatoms. The van der Waals surface area contributed by atoms with Crippen molar-refractivity contribution >= 4 is 23.9 Å². The van der Waals surface area contributed by atoms with Crippen molar-refractivity contribution in [2.24, 2.45) is 0 Å². The van der Waals surface area contributed by atoms with Crippen LogP contribution in [0.15, 0.2) is 30.3 Å². The van der Waals surface area contributed by atoms with Gasteiger partial charge in [0.25, 0.3) is 0 Å². The Balaban J connectivity index is 1.93. The molecule has 1 radical (unpaired) electrons. The van der Waals surface area contributed by atoms with Crippen LogP contribution >= 0.6 is 0 Å². The summed E-state index contributed by atoms with van der Waals surface area (Å²) >= 11 is 0. The normalized spacial score (nSPS) is 13.9. The lowest BCUT2D eigenvalue weighted by Crippen LogP contribution is -2.19. The molecule has 0 aromatic heterocycles. The molecule has 0 amide bonds. The quantitative estimate of drug-likeness (QED) is 0.206. The lowest BCUT2D eigenvalue weighted by Gasteiger charge is -2.28. The van der Waals surface area contributed by atoms with E-state index in [-0.39, 0.29) is 48.7 Å². The van der Waals surface area contributed by atoms with Gasteiger partial charge < -0.3 is 23.7 Å². The summed E-state index contributed by atoms with van der Waals surface area (Å²) in [7, 11) is 0. The first-order chi connectivity index (χ1) is 19.3. The maximum absolute atomic E-state index is 12.3. The van der Waals surface area contributed by atoms with Gasteiger partial charge in [0, 0.05) is 49.8 Å². The molecule has 40 heavy (non-hydrogen) atoms. The minimum atomic E-state index is -0.572. The number of benzene rings is 2. The molecule has 0 saturated carbocycles. The van der Waals surface area contributed by atoms with E-state index < -0.39 is 30.0 Å². The molecule has 215 valence electrons. The van der Waals surface area contributed by atoms with Gasteiger partial charge >= 0.3 is 23.9 Å². The molecule has 0 aliphatic carbocycles. The van der Waals surface area contributed by atoms with Crippen molar-refractivity contribution in [2.45, 2.75) is 91.6 Å². The van der Waals surface area contributed by atoms with Crippen LogP contribution in [0.25, 0.3) is 0 Å². The number of rotatable bonds is 13. The van der Waals surface area contributed by atoms with Crippen LogP contribution in [0.4, 0.5) is 0 Å². The summed E-state index contributed by atoms with van der Waals surface area (Å²) in [5.41, 5.74) is 1.30. The first kappa shape index (κ1) is 30.7. The summed E-state index contributed by atoms with van der Waals surface area (Å²) < 4.78 is 28.3. The van der Waals surface area contributed by atoms with Crippen LogP contribution in [0, 0.1) is 6.42 Å². The number of carbonyl (C=O) groups is 4. The highest BCUT2D eigenvalue weighted by Crippen LogP contribution is 2.43. The predicted molar refractivity (Wildman–Crippen MR) is 146 cm³/mol. The number of fused-ring (bicyclic) bond motifs is 1. The topological polar surface area (TPSA) is 114 Å². The van der Waals surface area contributed by atoms with Gasteiger partial charge in [-0.05, 0) is 49.8 Å². The summed E-state index contributed by atoms with van der Waals surface area (Å²) in [4.78, 5) is 48.9. The van der Waals surface area contributed by atoms with Crippen molar-refractivity contribution < 1.29 is 42.9 Å². The van der Waals surface area contributed by atoms with Gasteiger partial charge in [-0.3, -0.25) is 19.2 Å². The van der Waals surface area contributed by atoms with Gasteiger partial charge in [-0.15, -0.1) is 0 Å². The number of esters is 4. The Hall–Kier alpha value is -3.88. The van der Waals surface area contributed by atoms with Gasteiger partial charge in [-0.2, -0.15) is 0 Å². The number of hydrogen-bond donors (Lipinski definition) is 0. The van der Waals surface area contributed by atoms with Crippen LogP contribution in [0.2, 0.25) is 0 Å². The molecule has 0 N–H and O–H groups in total. The number of ether oxygens (including phenoxy) is 5.